The Labute approximate surface area is 226 Å². The molecule has 2 aromatic carbocycles. The molecule has 0 saturated carbocycles. The number of fused-ring (bicyclic) bond motifs is 2. The monoisotopic (exact) mass is 550 g/mol. The molecule has 206 valence electrons. The van der Waals surface area contributed by atoms with Crippen LogP contribution >= 0.6 is 12.4 Å². The van der Waals surface area contributed by atoms with Crippen molar-refractivity contribution in [2.24, 2.45) is 0 Å². The van der Waals surface area contributed by atoms with Crippen LogP contribution in [0.3, 0.4) is 0 Å². The van der Waals surface area contributed by atoms with Crippen LogP contribution in [0.1, 0.15) is 22.4 Å². The molecule has 3 aromatic rings. The maximum atomic E-state index is 13.1. The minimum Gasteiger partial charge on any atom is -0.376 e. The molecule has 9 nitrogen and oxygen atoms in total. The second-order valence-corrected chi connectivity index (χ2v) is 9.20. The average Bonchev–Trinajstić information content (AvgIpc) is 3.46. The number of anilines is 1. The largest absolute Gasteiger partial charge is 0.376 e. The molecule has 0 spiro atoms. The van der Waals surface area contributed by atoms with Crippen molar-refractivity contribution in [3.63, 3.8) is 0 Å². The summed E-state index contributed by atoms with van der Waals surface area (Å²) in [6, 6.07) is 11.7. The number of hydrogen-bond acceptors (Lipinski definition) is 7. The van der Waals surface area contributed by atoms with E-state index in [9.17, 15) is 18.4 Å². The third-order valence-corrected chi connectivity index (χ3v) is 6.57. The van der Waals surface area contributed by atoms with Gasteiger partial charge in [-0.15, -0.1) is 12.4 Å². The Morgan fingerprint density at radius 3 is 2.47 bits per heavy atom. The van der Waals surface area contributed by atoms with Crippen LogP contribution in [0.2, 0.25) is 0 Å². The molecule has 0 bridgehead atoms. The molecule has 0 aliphatic carbocycles. The number of carbonyl (C=O) groups is 2. The first-order chi connectivity index (χ1) is 17.7. The predicted octanol–water partition coefficient (Wildman–Crippen LogP) is 3.35. The quantitative estimate of drug-likeness (QED) is 0.354. The van der Waals surface area contributed by atoms with Crippen LogP contribution in [0, 0.1) is 13.8 Å². The Balaban J connectivity index is 0.00000400. The molecular formula is C26H33ClF2N6O3. The van der Waals surface area contributed by atoms with Crippen LogP contribution in [0.4, 0.5) is 14.5 Å². The van der Waals surface area contributed by atoms with E-state index in [1.807, 2.05) is 49.2 Å². The smallest absolute Gasteiger partial charge is 0.256 e. The van der Waals surface area contributed by atoms with Crippen molar-refractivity contribution in [2.45, 2.75) is 33.4 Å². The van der Waals surface area contributed by atoms with Crippen LogP contribution < -0.4 is 10.6 Å². The first-order valence-corrected chi connectivity index (χ1v) is 12.2. The molecule has 2 N–H and O–H groups in total. The standard InChI is InChI=1S/C26H32F2N6O3.ClH/c1-17-10-21-18(2)31-37-23(21)11-22(17)30-13-25(35)33(9-8-29-12-24(27)28)16-26(36)32(3)34-14-19-6-4-5-7-20(19)15-34;/h4-7,10-11,24,29-30H,8-9,12-16H2,1-3H3;1H. The van der Waals surface area contributed by atoms with Gasteiger partial charge >= 0.3 is 0 Å². The van der Waals surface area contributed by atoms with Crippen molar-refractivity contribution in [1.82, 2.24) is 25.4 Å². The fourth-order valence-corrected chi connectivity index (χ4v) is 4.35. The lowest BCUT2D eigenvalue weighted by Gasteiger charge is -2.31. The van der Waals surface area contributed by atoms with Crippen LogP contribution in [-0.4, -0.2) is 78.1 Å². The zero-order valence-electron chi connectivity index (χ0n) is 21.7. The van der Waals surface area contributed by atoms with Crippen molar-refractivity contribution in [2.75, 3.05) is 45.1 Å². The van der Waals surface area contributed by atoms with Gasteiger partial charge in [0.2, 0.25) is 5.91 Å². The lowest BCUT2D eigenvalue weighted by atomic mass is 10.1. The second kappa shape index (κ2) is 13.0. The second-order valence-electron chi connectivity index (χ2n) is 9.20. The van der Waals surface area contributed by atoms with E-state index < -0.39 is 13.0 Å². The normalized spacial score (nSPS) is 12.9. The number of hydrogen-bond donors (Lipinski definition) is 2. The molecule has 2 heterocycles. The summed E-state index contributed by atoms with van der Waals surface area (Å²) in [5.41, 5.74) is 5.34. The summed E-state index contributed by atoms with van der Waals surface area (Å²) in [4.78, 5) is 27.7. The van der Waals surface area contributed by atoms with E-state index in [1.165, 1.54) is 9.91 Å². The summed E-state index contributed by atoms with van der Waals surface area (Å²) in [7, 11) is 1.68. The third kappa shape index (κ3) is 6.97. The predicted molar refractivity (Wildman–Crippen MR) is 143 cm³/mol. The number of aromatic nitrogens is 1. The van der Waals surface area contributed by atoms with E-state index in [0.717, 1.165) is 27.8 Å². The molecule has 4 rings (SSSR count). The summed E-state index contributed by atoms with van der Waals surface area (Å²) in [5.74, 6) is -0.580. The van der Waals surface area contributed by atoms with Gasteiger partial charge in [-0.2, -0.15) is 0 Å². The van der Waals surface area contributed by atoms with Crippen molar-refractivity contribution < 1.29 is 22.9 Å². The Bertz CT molecular complexity index is 1250. The zero-order chi connectivity index (χ0) is 26.5. The van der Waals surface area contributed by atoms with E-state index in [4.69, 9.17) is 4.52 Å². The Hall–Kier alpha value is -3.28. The van der Waals surface area contributed by atoms with Crippen LogP contribution in [0.15, 0.2) is 40.9 Å². The molecule has 38 heavy (non-hydrogen) atoms. The third-order valence-electron chi connectivity index (χ3n) is 6.57. The zero-order valence-corrected chi connectivity index (χ0v) is 22.5. The van der Waals surface area contributed by atoms with Crippen molar-refractivity contribution in [1.29, 1.82) is 0 Å². The number of carbonyl (C=O) groups excluding carboxylic acids is 2. The lowest BCUT2D eigenvalue weighted by Crippen LogP contribution is -2.49. The molecule has 0 radical (unpaired) electrons. The number of nitrogens with zero attached hydrogens (tertiary/aromatic N) is 4. The fourth-order valence-electron chi connectivity index (χ4n) is 4.35. The highest BCUT2D eigenvalue weighted by Gasteiger charge is 2.27. The minimum absolute atomic E-state index is 0. The average molecular weight is 551 g/mol. The Morgan fingerprint density at radius 1 is 1.13 bits per heavy atom. The first kappa shape index (κ1) is 29.3. The molecule has 0 atom stereocenters. The number of likely N-dealkylation sites (N-methyl/N-ethyl adjacent to an activating group) is 1. The van der Waals surface area contributed by atoms with Crippen LogP contribution in [0.5, 0.6) is 0 Å². The summed E-state index contributed by atoms with van der Waals surface area (Å²) >= 11 is 0. The molecule has 1 aliphatic rings. The van der Waals surface area contributed by atoms with Gasteiger partial charge in [-0.25, -0.2) is 13.8 Å². The maximum absolute atomic E-state index is 13.1. The molecule has 0 unspecified atom stereocenters. The van der Waals surface area contributed by atoms with E-state index >= 15 is 0 Å². The van der Waals surface area contributed by atoms with Crippen LogP contribution in [0.25, 0.3) is 11.0 Å². The molecule has 1 aromatic heterocycles. The van der Waals surface area contributed by atoms with Gasteiger partial charge < -0.3 is 20.1 Å². The van der Waals surface area contributed by atoms with Gasteiger partial charge in [0.15, 0.2) is 5.58 Å². The van der Waals surface area contributed by atoms with E-state index in [0.29, 0.717) is 24.4 Å². The number of nitrogens with one attached hydrogen (secondary N) is 2. The molecule has 2 amide bonds. The van der Waals surface area contributed by atoms with Gasteiger partial charge in [0.25, 0.3) is 12.3 Å². The summed E-state index contributed by atoms with van der Waals surface area (Å²) in [6.45, 7) is 4.53. The van der Waals surface area contributed by atoms with Gasteiger partial charge in [-0.05, 0) is 36.6 Å². The molecular weight excluding hydrogens is 518 g/mol. The van der Waals surface area contributed by atoms with Crippen LogP contribution in [-0.2, 0) is 22.7 Å². The van der Waals surface area contributed by atoms with Gasteiger partial charge in [0, 0.05) is 50.4 Å². The molecule has 0 fully saturated rings. The summed E-state index contributed by atoms with van der Waals surface area (Å²) in [5, 5.41) is 14.1. The number of aryl methyl sites for hydroxylation is 2. The van der Waals surface area contributed by atoms with Crippen molar-refractivity contribution in [3.8, 4) is 0 Å². The SMILES string of the molecule is Cc1cc2c(C)noc2cc1NCC(=O)N(CCNCC(F)F)CC(=O)N(C)N1Cc2ccccc2C1.Cl. The van der Waals surface area contributed by atoms with Crippen molar-refractivity contribution >= 4 is 40.9 Å². The van der Waals surface area contributed by atoms with Gasteiger partial charge in [-0.1, -0.05) is 29.4 Å². The van der Waals surface area contributed by atoms with E-state index in [-0.39, 0.29) is 50.4 Å². The number of amides is 2. The van der Waals surface area contributed by atoms with Gasteiger partial charge in [0.1, 0.15) is 6.54 Å². The van der Waals surface area contributed by atoms with Crippen molar-refractivity contribution in [3.05, 3.63) is 58.8 Å². The minimum atomic E-state index is -2.49. The van der Waals surface area contributed by atoms with E-state index in [1.54, 1.807) is 13.1 Å². The highest BCUT2D eigenvalue weighted by atomic mass is 35.5. The number of hydrazine groups is 1. The maximum Gasteiger partial charge on any atom is 0.256 e. The first-order valence-electron chi connectivity index (χ1n) is 12.2. The lowest BCUT2D eigenvalue weighted by molar-refractivity contribution is -0.151. The highest BCUT2D eigenvalue weighted by molar-refractivity contribution is 5.88. The molecule has 12 heteroatoms. The molecule has 1 aliphatic heterocycles. The fraction of sp³-hybridized carbons (Fsp3) is 0.423. The van der Waals surface area contributed by atoms with Gasteiger partial charge in [-0.3, -0.25) is 14.6 Å². The topological polar surface area (TPSA) is 93.9 Å². The number of benzene rings is 2. The van der Waals surface area contributed by atoms with E-state index in [2.05, 4.69) is 15.8 Å². The summed E-state index contributed by atoms with van der Waals surface area (Å²) in [6.07, 6.45) is -2.49. The number of rotatable bonds is 11. The highest BCUT2D eigenvalue weighted by Crippen LogP contribution is 2.26. The molecule has 0 saturated heterocycles. The van der Waals surface area contributed by atoms with Gasteiger partial charge in [0.05, 0.1) is 18.8 Å². The Kier molecular flexibility index (Phi) is 10.0. The number of halogens is 3. The number of alkyl halides is 2. The summed E-state index contributed by atoms with van der Waals surface area (Å²) < 4.78 is 30.4. The Morgan fingerprint density at radius 2 is 1.82 bits per heavy atom.